The van der Waals surface area contributed by atoms with Gasteiger partial charge in [-0.15, -0.1) is 0 Å². The van der Waals surface area contributed by atoms with E-state index in [1.807, 2.05) is 44.1 Å². The molecule has 18 heavy (non-hydrogen) atoms. The molecule has 2 aromatic rings. The highest BCUT2D eigenvalue weighted by molar-refractivity contribution is 6.34. The van der Waals surface area contributed by atoms with Crippen LogP contribution in [-0.2, 0) is 6.54 Å². The molecular formula is C13H17ClN4. The van der Waals surface area contributed by atoms with E-state index in [-0.39, 0.29) is 0 Å². The molecule has 5 heteroatoms. The third-order valence-corrected chi connectivity index (χ3v) is 3.12. The van der Waals surface area contributed by atoms with Gasteiger partial charge >= 0.3 is 0 Å². The number of aromatic amines is 1. The van der Waals surface area contributed by atoms with E-state index in [0.717, 1.165) is 27.8 Å². The highest BCUT2D eigenvalue weighted by Crippen LogP contribution is 2.32. The Morgan fingerprint density at radius 2 is 2.17 bits per heavy atom. The number of benzene rings is 1. The maximum absolute atomic E-state index is 6.21. The van der Waals surface area contributed by atoms with Crippen LogP contribution >= 0.6 is 11.6 Å². The molecule has 0 bridgehead atoms. The van der Waals surface area contributed by atoms with Gasteiger partial charge in [-0.25, -0.2) is 4.98 Å². The van der Waals surface area contributed by atoms with E-state index in [0.29, 0.717) is 6.54 Å². The number of nitrogens with zero attached hydrogens (tertiary/aromatic N) is 2. The van der Waals surface area contributed by atoms with Crippen LogP contribution in [0.1, 0.15) is 11.4 Å². The van der Waals surface area contributed by atoms with E-state index in [1.54, 1.807) is 6.33 Å². The molecule has 2 rings (SSSR count). The van der Waals surface area contributed by atoms with Gasteiger partial charge in [-0.2, -0.15) is 0 Å². The van der Waals surface area contributed by atoms with Gasteiger partial charge in [0.05, 0.1) is 35.0 Å². The summed E-state index contributed by atoms with van der Waals surface area (Å²) < 4.78 is 0. The molecule has 0 radical (unpaired) electrons. The van der Waals surface area contributed by atoms with Crippen LogP contribution in [0.4, 0.5) is 11.4 Å². The molecular weight excluding hydrogens is 248 g/mol. The molecule has 0 amide bonds. The number of para-hydroxylation sites is 1. The smallest absolute Gasteiger partial charge is 0.0925 e. The van der Waals surface area contributed by atoms with Crippen molar-refractivity contribution < 1.29 is 0 Å². The molecule has 0 aliphatic carbocycles. The predicted octanol–water partition coefficient (Wildman–Crippen LogP) is 3.05. The van der Waals surface area contributed by atoms with Gasteiger partial charge < -0.3 is 15.2 Å². The number of hydrogen-bond donors (Lipinski definition) is 2. The van der Waals surface area contributed by atoms with Crippen molar-refractivity contribution in [2.45, 2.75) is 13.5 Å². The van der Waals surface area contributed by atoms with Crippen molar-refractivity contribution in [2.24, 2.45) is 0 Å². The number of hydrogen-bond acceptors (Lipinski definition) is 3. The number of rotatable bonds is 4. The van der Waals surface area contributed by atoms with Crippen molar-refractivity contribution in [3.05, 3.63) is 40.9 Å². The maximum atomic E-state index is 6.21. The summed E-state index contributed by atoms with van der Waals surface area (Å²) in [4.78, 5) is 9.33. The molecule has 1 aromatic heterocycles. The zero-order chi connectivity index (χ0) is 13.1. The van der Waals surface area contributed by atoms with Crippen molar-refractivity contribution >= 4 is 23.0 Å². The Morgan fingerprint density at radius 1 is 1.39 bits per heavy atom. The second-order valence-electron chi connectivity index (χ2n) is 4.36. The third-order valence-electron chi connectivity index (χ3n) is 2.81. The first kappa shape index (κ1) is 12.8. The van der Waals surface area contributed by atoms with Gasteiger partial charge in [0.2, 0.25) is 0 Å². The molecule has 0 saturated carbocycles. The quantitative estimate of drug-likeness (QED) is 0.892. The molecule has 0 unspecified atom stereocenters. The SMILES string of the molecule is Cc1[nH]cnc1CNc1cccc(Cl)c1N(C)C. The molecule has 96 valence electrons. The number of aromatic nitrogens is 2. The van der Waals surface area contributed by atoms with Crippen LogP contribution in [-0.4, -0.2) is 24.1 Å². The molecule has 0 atom stereocenters. The lowest BCUT2D eigenvalue weighted by atomic mass is 10.2. The molecule has 0 aliphatic heterocycles. The minimum atomic E-state index is 0.677. The summed E-state index contributed by atoms with van der Waals surface area (Å²) in [6, 6.07) is 5.85. The van der Waals surface area contributed by atoms with Crippen LogP contribution in [0.25, 0.3) is 0 Å². The standard InChI is InChI=1S/C13H17ClN4/c1-9-12(17-8-16-9)7-15-11-6-4-5-10(14)13(11)18(2)3/h4-6,8,15H,7H2,1-3H3,(H,16,17). The normalized spacial score (nSPS) is 10.4. The molecule has 0 spiro atoms. The second kappa shape index (κ2) is 5.31. The van der Waals surface area contributed by atoms with Crippen LogP contribution in [0.15, 0.2) is 24.5 Å². The van der Waals surface area contributed by atoms with Gasteiger partial charge in [0, 0.05) is 19.8 Å². The van der Waals surface area contributed by atoms with E-state index < -0.39 is 0 Å². The topological polar surface area (TPSA) is 44.0 Å². The van der Waals surface area contributed by atoms with Crippen molar-refractivity contribution in [3.8, 4) is 0 Å². The lowest BCUT2D eigenvalue weighted by Crippen LogP contribution is -2.13. The van der Waals surface area contributed by atoms with Crippen molar-refractivity contribution in [3.63, 3.8) is 0 Å². The first-order valence-corrected chi connectivity index (χ1v) is 6.16. The minimum Gasteiger partial charge on any atom is -0.378 e. The average molecular weight is 265 g/mol. The zero-order valence-corrected chi connectivity index (χ0v) is 11.5. The van der Waals surface area contributed by atoms with Crippen LogP contribution in [0.2, 0.25) is 5.02 Å². The molecule has 1 aromatic carbocycles. The van der Waals surface area contributed by atoms with Crippen LogP contribution < -0.4 is 10.2 Å². The van der Waals surface area contributed by atoms with Gasteiger partial charge in [-0.05, 0) is 19.1 Å². The monoisotopic (exact) mass is 264 g/mol. The van der Waals surface area contributed by atoms with Gasteiger partial charge in [-0.1, -0.05) is 17.7 Å². The zero-order valence-electron chi connectivity index (χ0n) is 10.8. The maximum Gasteiger partial charge on any atom is 0.0925 e. The Balaban J connectivity index is 2.19. The average Bonchev–Trinajstić information content (AvgIpc) is 2.71. The minimum absolute atomic E-state index is 0.677. The fourth-order valence-electron chi connectivity index (χ4n) is 1.86. The predicted molar refractivity (Wildman–Crippen MR) is 76.4 cm³/mol. The lowest BCUT2D eigenvalue weighted by molar-refractivity contribution is 1.04. The third kappa shape index (κ3) is 2.59. The van der Waals surface area contributed by atoms with Gasteiger partial charge in [0.25, 0.3) is 0 Å². The van der Waals surface area contributed by atoms with Gasteiger partial charge in [0.1, 0.15) is 0 Å². The number of halogens is 1. The number of imidazole rings is 1. The second-order valence-corrected chi connectivity index (χ2v) is 4.77. The van der Waals surface area contributed by atoms with Crippen LogP contribution in [0.5, 0.6) is 0 Å². The molecule has 0 aliphatic rings. The molecule has 2 N–H and O–H groups in total. The number of nitrogens with one attached hydrogen (secondary N) is 2. The van der Waals surface area contributed by atoms with Crippen molar-refractivity contribution in [1.29, 1.82) is 0 Å². The van der Waals surface area contributed by atoms with Gasteiger partial charge in [0.15, 0.2) is 0 Å². The summed E-state index contributed by atoms with van der Waals surface area (Å²) >= 11 is 6.21. The van der Waals surface area contributed by atoms with Crippen molar-refractivity contribution in [1.82, 2.24) is 9.97 Å². The van der Waals surface area contributed by atoms with Gasteiger partial charge in [-0.3, -0.25) is 0 Å². The van der Waals surface area contributed by atoms with Crippen molar-refractivity contribution in [2.75, 3.05) is 24.3 Å². The largest absolute Gasteiger partial charge is 0.378 e. The summed E-state index contributed by atoms with van der Waals surface area (Å²) in [6.45, 7) is 2.69. The first-order chi connectivity index (χ1) is 8.59. The Hall–Kier alpha value is -1.68. The summed E-state index contributed by atoms with van der Waals surface area (Å²) in [5.41, 5.74) is 4.10. The fraction of sp³-hybridized carbons (Fsp3) is 0.308. The molecule has 1 heterocycles. The lowest BCUT2D eigenvalue weighted by Gasteiger charge is -2.19. The molecule has 0 fully saturated rings. The summed E-state index contributed by atoms with van der Waals surface area (Å²) in [5.74, 6) is 0. The fourth-order valence-corrected chi connectivity index (χ4v) is 2.20. The molecule has 4 nitrogen and oxygen atoms in total. The summed E-state index contributed by atoms with van der Waals surface area (Å²) in [7, 11) is 3.96. The number of aryl methyl sites for hydroxylation is 1. The van der Waals surface area contributed by atoms with Crippen LogP contribution in [0.3, 0.4) is 0 Å². The van der Waals surface area contributed by atoms with Crippen LogP contribution in [0, 0.1) is 6.92 Å². The van der Waals surface area contributed by atoms with E-state index in [1.165, 1.54) is 0 Å². The Labute approximate surface area is 112 Å². The molecule has 0 saturated heterocycles. The summed E-state index contributed by atoms with van der Waals surface area (Å²) in [6.07, 6.45) is 1.71. The van der Waals surface area contributed by atoms with E-state index in [9.17, 15) is 0 Å². The Morgan fingerprint density at radius 3 is 2.78 bits per heavy atom. The highest BCUT2D eigenvalue weighted by atomic mass is 35.5. The Kier molecular flexibility index (Phi) is 3.77. The van der Waals surface area contributed by atoms with E-state index >= 15 is 0 Å². The number of H-pyrrole nitrogens is 1. The number of anilines is 2. The van der Waals surface area contributed by atoms with E-state index in [4.69, 9.17) is 11.6 Å². The first-order valence-electron chi connectivity index (χ1n) is 5.78. The Bertz CT molecular complexity index is 534. The highest BCUT2D eigenvalue weighted by Gasteiger charge is 2.09. The van der Waals surface area contributed by atoms with E-state index in [2.05, 4.69) is 15.3 Å². The summed E-state index contributed by atoms with van der Waals surface area (Å²) in [5, 5.41) is 4.11.